The fourth-order valence-electron chi connectivity index (χ4n) is 1.34. The van der Waals surface area contributed by atoms with Crippen LogP contribution >= 0.6 is 0 Å². The maximum atomic E-state index is 11.4. The molecule has 0 amide bonds. The van der Waals surface area contributed by atoms with Crippen LogP contribution in [0.25, 0.3) is 0 Å². The van der Waals surface area contributed by atoms with Crippen LogP contribution in [0.5, 0.6) is 0 Å². The van der Waals surface area contributed by atoms with Gasteiger partial charge in [0.2, 0.25) is 0 Å². The smallest absolute Gasteiger partial charge is 0.340 e. The fraction of sp³-hybridized carbons (Fsp3) is 0.417. The summed E-state index contributed by atoms with van der Waals surface area (Å²) in [6, 6.07) is 5.47. The molecule has 3 nitrogen and oxygen atoms in total. The van der Waals surface area contributed by atoms with Gasteiger partial charge in [-0.05, 0) is 30.5 Å². The van der Waals surface area contributed by atoms with Crippen LogP contribution in [0.2, 0.25) is 0 Å². The van der Waals surface area contributed by atoms with E-state index in [2.05, 4.69) is 13.8 Å². The van der Waals surface area contributed by atoms with Gasteiger partial charge in [0.05, 0.1) is 12.2 Å². The number of ether oxygens (including phenoxy) is 1. The molecule has 15 heavy (non-hydrogen) atoms. The van der Waals surface area contributed by atoms with Gasteiger partial charge in [-0.2, -0.15) is 0 Å². The Morgan fingerprint density at radius 3 is 2.60 bits per heavy atom. The lowest BCUT2D eigenvalue weighted by Crippen LogP contribution is -2.08. The summed E-state index contributed by atoms with van der Waals surface area (Å²) in [6.45, 7) is 6.30. The maximum absolute atomic E-state index is 11.4. The molecule has 1 rings (SSSR count). The van der Waals surface area contributed by atoms with Crippen molar-refractivity contribution in [2.45, 2.75) is 26.7 Å². The first kappa shape index (κ1) is 11.6. The summed E-state index contributed by atoms with van der Waals surface area (Å²) in [5, 5.41) is 0. The van der Waals surface area contributed by atoms with Crippen LogP contribution in [0.3, 0.4) is 0 Å². The molecule has 3 heteroatoms. The van der Waals surface area contributed by atoms with Crippen LogP contribution in [0.4, 0.5) is 5.69 Å². The van der Waals surface area contributed by atoms with Crippen LogP contribution in [0.1, 0.15) is 42.6 Å². The molecule has 0 bridgehead atoms. The largest absolute Gasteiger partial charge is 0.462 e. The second-order valence-corrected chi connectivity index (χ2v) is 3.72. The molecule has 0 radical (unpaired) electrons. The van der Waals surface area contributed by atoms with Crippen LogP contribution < -0.4 is 5.73 Å². The summed E-state index contributed by atoms with van der Waals surface area (Å²) in [6.07, 6.45) is 0. The Labute approximate surface area is 90.2 Å². The lowest BCUT2D eigenvalue weighted by Gasteiger charge is -2.09. The van der Waals surface area contributed by atoms with Gasteiger partial charge in [0.1, 0.15) is 0 Å². The number of benzene rings is 1. The number of carbonyl (C=O) groups excluding carboxylic acids is 1. The first-order valence-electron chi connectivity index (χ1n) is 5.12. The highest BCUT2D eigenvalue weighted by Gasteiger charge is 2.11. The Bertz CT molecular complexity index is 359. The number of anilines is 1. The highest BCUT2D eigenvalue weighted by atomic mass is 16.5. The summed E-state index contributed by atoms with van der Waals surface area (Å²) in [5.41, 5.74) is 7.85. The predicted molar refractivity (Wildman–Crippen MR) is 60.9 cm³/mol. The van der Waals surface area contributed by atoms with E-state index in [9.17, 15) is 4.79 Å². The second-order valence-electron chi connectivity index (χ2n) is 3.72. The van der Waals surface area contributed by atoms with Gasteiger partial charge in [-0.1, -0.05) is 19.9 Å². The Kier molecular flexibility index (Phi) is 3.72. The molecule has 0 aliphatic rings. The van der Waals surface area contributed by atoms with Gasteiger partial charge in [0.15, 0.2) is 0 Å². The third-order valence-corrected chi connectivity index (χ3v) is 2.24. The first-order valence-corrected chi connectivity index (χ1v) is 5.12. The summed E-state index contributed by atoms with van der Waals surface area (Å²) < 4.78 is 4.89. The van der Waals surface area contributed by atoms with Crippen molar-refractivity contribution in [1.29, 1.82) is 0 Å². The molecule has 0 heterocycles. The first-order chi connectivity index (χ1) is 7.06. The third-order valence-electron chi connectivity index (χ3n) is 2.24. The van der Waals surface area contributed by atoms with Gasteiger partial charge in [0.25, 0.3) is 0 Å². The molecule has 1 aromatic rings. The number of rotatable bonds is 3. The molecule has 2 N–H and O–H groups in total. The van der Waals surface area contributed by atoms with E-state index in [1.165, 1.54) is 0 Å². The van der Waals surface area contributed by atoms with E-state index in [1.54, 1.807) is 13.0 Å². The van der Waals surface area contributed by atoms with Crippen molar-refractivity contribution in [3.8, 4) is 0 Å². The third kappa shape index (κ3) is 2.72. The zero-order chi connectivity index (χ0) is 11.4. The van der Waals surface area contributed by atoms with Crippen LogP contribution in [0.15, 0.2) is 18.2 Å². The molecule has 0 atom stereocenters. The Morgan fingerprint density at radius 1 is 1.47 bits per heavy atom. The molecule has 1 aromatic carbocycles. The molecule has 0 spiro atoms. The molecular weight excluding hydrogens is 190 g/mol. The van der Waals surface area contributed by atoms with Gasteiger partial charge < -0.3 is 10.5 Å². The molecular formula is C12H17NO2. The minimum atomic E-state index is -0.356. The van der Waals surface area contributed by atoms with E-state index in [0.29, 0.717) is 23.8 Å². The van der Waals surface area contributed by atoms with E-state index in [4.69, 9.17) is 10.5 Å². The summed E-state index contributed by atoms with van der Waals surface area (Å²) in [4.78, 5) is 11.4. The number of hydrogen-bond acceptors (Lipinski definition) is 3. The average Bonchev–Trinajstić information content (AvgIpc) is 2.17. The lowest BCUT2D eigenvalue weighted by molar-refractivity contribution is 0.0527. The molecule has 0 aliphatic heterocycles. The molecule has 0 fully saturated rings. The summed E-state index contributed by atoms with van der Waals surface area (Å²) in [7, 11) is 0. The SMILES string of the molecule is CCOC(=O)c1ccc(C(C)C)cc1N. The standard InChI is InChI=1S/C12H17NO2/c1-4-15-12(14)10-6-5-9(8(2)3)7-11(10)13/h5-8H,4,13H2,1-3H3. The number of carbonyl (C=O) groups is 1. The minimum Gasteiger partial charge on any atom is -0.462 e. The van der Waals surface area contributed by atoms with Crippen molar-refractivity contribution in [2.75, 3.05) is 12.3 Å². The molecule has 0 aliphatic carbocycles. The lowest BCUT2D eigenvalue weighted by atomic mass is 10.0. The Balaban J connectivity index is 2.98. The van der Waals surface area contributed by atoms with E-state index < -0.39 is 0 Å². The van der Waals surface area contributed by atoms with Crippen molar-refractivity contribution in [3.05, 3.63) is 29.3 Å². The normalized spacial score (nSPS) is 10.4. The van der Waals surface area contributed by atoms with Crippen molar-refractivity contribution >= 4 is 11.7 Å². The maximum Gasteiger partial charge on any atom is 0.340 e. The fourth-order valence-corrected chi connectivity index (χ4v) is 1.34. The zero-order valence-corrected chi connectivity index (χ0v) is 9.41. The summed E-state index contributed by atoms with van der Waals surface area (Å²) in [5.74, 6) is 0.0499. The van der Waals surface area contributed by atoms with Crippen molar-refractivity contribution < 1.29 is 9.53 Å². The number of hydrogen-bond donors (Lipinski definition) is 1. The van der Waals surface area contributed by atoms with Gasteiger partial charge in [-0.25, -0.2) is 4.79 Å². The van der Waals surface area contributed by atoms with E-state index in [0.717, 1.165) is 5.56 Å². The van der Waals surface area contributed by atoms with Crippen LogP contribution in [0, 0.1) is 0 Å². The molecule has 82 valence electrons. The highest BCUT2D eigenvalue weighted by Crippen LogP contribution is 2.21. The quantitative estimate of drug-likeness (QED) is 0.612. The molecule has 0 saturated heterocycles. The van der Waals surface area contributed by atoms with Crippen LogP contribution in [-0.4, -0.2) is 12.6 Å². The second kappa shape index (κ2) is 4.82. The van der Waals surface area contributed by atoms with Crippen molar-refractivity contribution in [2.24, 2.45) is 0 Å². The summed E-state index contributed by atoms with van der Waals surface area (Å²) >= 11 is 0. The van der Waals surface area contributed by atoms with Gasteiger partial charge in [-0.3, -0.25) is 0 Å². The van der Waals surface area contributed by atoms with Crippen molar-refractivity contribution in [1.82, 2.24) is 0 Å². The van der Waals surface area contributed by atoms with Crippen LogP contribution in [-0.2, 0) is 4.74 Å². The molecule has 0 aromatic heterocycles. The number of nitrogens with two attached hydrogens (primary N) is 1. The minimum absolute atomic E-state index is 0.356. The number of esters is 1. The van der Waals surface area contributed by atoms with Gasteiger partial charge in [0, 0.05) is 5.69 Å². The van der Waals surface area contributed by atoms with Gasteiger partial charge >= 0.3 is 5.97 Å². The van der Waals surface area contributed by atoms with Crippen molar-refractivity contribution in [3.63, 3.8) is 0 Å². The Hall–Kier alpha value is -1.51. The zero-order valence-electron chi connectivity index (χ0n) is 9.41. The predicted octanol–water partition coefficient (Wildman–Crippen LogP) is 2.57. The molecule has 0 unspecified atom stereocenters. The topological polar surface area (TPSA) is 52.3 Å². The Morgan fingerprint density at radius 2 is 2.13 bits per heavy atom. The van der Waals surface area contributed by atoms with Gasteiger partial charge in [-0.15, -0.1) is 0 Å². The highest BCUT2D eigenvalue weighted by molar-refractivity contribution is 5.95. The number of nitrogen functional groups attached to an aromatic ring is 1. The average molecular weight is 207 g/mol. The molecule has 0 saturated carbocycles. The van der Waals surface area contributed by atoms with E-state index in [-0.39, 0.29) is 5.97 Å². The van der Waals surface area contributed by atoms with E-state index >= 15 is 0 Å². The van der Waals surface area contributed by atoms with E-state index in [1.807, 2.05) is 12.1 Å². The monoisotopic (exact) mass is 207 g/mol.